The Morgan fingerprint density at radius 2 is 2.14 bits per heavy atom. The van der Waals surface area contributed by atoms with E-state index in [0.29, 0.717) is 11.8 Å². The molecule has 0 aromatic carbocycles. The first-order valence-electron chi connectivity index (χ1n) is 8.67. The fourth-order valence-corrected chi connectivity index (χ4v) is 3.48. The average molecular weight is 304 g/mol. The van der Waals surface area contributed by atoms with Crippen molar-refractivity contribution in [2.75, 3.05) is 38.1 Å². The number of aryl methyl sites for hydroxylation is 1. The first kappa shape index (κ1) is 15.7. The van der Waals surface area contributed by atoms with Crippen LogP contribution in [0.2, 0.25) is 0 Å². The molecule has 5 heteroatoms. The lowest BCUT2D eigenvalue weighted by Crippen LogP contribution is -2.39. The van der Waals surface area contributed by atoms with E-state index in [4.69, 9.17) is 10.1 Å². The third kappa shape index (κ3) is 3.96. The predicted octanol–water partition coefficient (Wildman–Crippen LogP) is 2.17. The zero-order valence-electron chi connectivity index (χ0n) is 13.6. The Bertz CT molecular complexity index is 488. The molecule has 122 valence electrons. The number of likely N-dealkylation sites (tertiary alicyclic amines) is 1. The Morgan fingerprint density at radius 1 is 1.27 bits per heavy atom. The van der Waals surface area contributed by atoms with Crippen LogP contribution < -0.4 is 5.32 Å². The molecule has 1 aromatic rings. The molecule has 0 unspecified atom stereocenters. The fraction of sp³-hybridized carbons (Fsp3) is 0.765. The van der Waals surface area contributed by atoms with Gasteiger partial charge in [0, 0.05) is 36.9 Å². The SMILES string of the molecule is Cc1cc(C2CCC2)nc(NC[C@H]2CCCN(CCO)C2)n1. The van der Waals surface area contributed by atoms with Gasteiger partial charge in [0.25, 0.3) is 0 Å². The van der Waals surface area contributed by atoms with Crippen LogP contribution in [0.4, 0.5) is 5.95 Å². The molecule has 1 aromatic heterocycles. The third-order valence-electron chi connectivity index (χ3n) is 4.97. The van der Waals surface area contributed by atoms with E-state index in [2.05, 4.69) is 28.2 Å². The molecule has 1 saturated heterocycles. The van der Waals surface area contributed by atoms with Gasteiger partial charge in [-0.05, 0) is 51.1 Å². The van der Waals surface area contributed by atoms with Crippen LogP contribution in [0.1, 0.15) is 49.4 Å². The number of aliphatic hydroxyl groups excluding tert-OH is 1. The smallest absolute Gasteiger partial charge is 0.223 e. The predicted molar refractivity (Wildman–Crippen MR) is 88.1 cm³/mol. The van der Waals surface area contributed by atoms with Crippen LogP contribution >= 0.6 is 0 Å². The first-order valence-corrected chi connectivity index (χ1v) is 8.67. The number of nitrogens with one attached hydrogen (secondary N) is 1. The third-order valence-corrected chi connectivity index (χ3v) is 4.97. The van der Waals surface area contributed by atoms with Gasteiger partial charge < -0.3 is 15.3 Å². The number of rotatable bonds is 6. The Kier molecular flexibility index (Phi) is 5.26. The minimum Gasteiger partial charge on any atom is -0.395 e. The van der Waals surface area contributed by atoms with E-state index in [1.54, 1.807) is 0 Å². The lowest BCUT2D eigenvalue weighted by atomic mass is 9.83. The summed E-state index contributed by atoms with van der Waals surface area (Å²) in [6.07, 6.45) is 6.34. The zero-order chi connectivity index (χ0) is 15.4. The Hall–Kier alpha value is -1.20. The molecular weight excluding hydrogens is 276 g/mol. The summed E-state index contributed by atoms with van der Waals surface area (Å²) in [7, 11) is 0. The van der Waals surface area contributed by atoms with E-state index in [1.165, 1.54) is 37.8 Å². The van der Waals surface area contributed by atoms with Gasteiger partial charge in [0.2, 0.25) is 5.95 Å². The highest BCUT2D eigenvalue weighted by Crippen LogP contribution is 2.35. The molecule has 2 heterocycles. The van der Waals surface area contributed by atoms with Gasteiger partial charge in [-0.1, -0.05) is 6.42 Å². The second-order valence-corrected chi connectivity index (χ2v) is 6.80. The summed E-state index contributed by atoms with van der Waals surface area (Å²) in [4.78, 5) is 11.6. The van der Waals surface area contributed by atoms with Gasteiger partial charge in [-0.15, -0.1) is 0 Å². The topological polar surface area (TPSA) is 61.3 Å². The molecule has 2 N–H and O–H groups in total. The van der Waals surface area contributed by atoms with Crippen molar-refractivity contribution in [2.45, 2.75) is 44.9 Å². The van der Waals surface area contributed by atoms with Gasteiger partial charge in [-0.2, -0.15) is 0 Å². The largest absolute Gasteiger partial charge is 0.395 e. The monoisotopic (exact) mass is 304 g/mol. The maximum absolute atomic E-state index is 9.08. The molecule has 2 aliphatic rings. The molecule has 1 aliphatic heterocycles. The molecule has 5 nitrogen and oxygen atoms in total. The lowest BCUT2D eigenvalue weighted by Gasteiger charge is -2.32. The maximum atomic E-state index is 9.08. The van der Waals surface area contributed by atoms with Crippen LogP contribution in [0.5, 0.6) is 0 Å². The Labute approximate surface area is 133 Å². The molecule has 1 atom stereocenters. The summed E-state index contributed by atoms with van der Waals surface area (Å²) in [6, 6.07) is 2.14. The highest BCUT2D eigenvalue weighted by molar-refractivity contribution is 5.30. The van der Waals surface area contributed by atoms with Crippen LogP contribution in [0.15, 0.2) is 6.07 Å². The van der Waals surface area contributed by atoms with Crippen molar-refractivity contribution in [3.8, 4) is 0 Å². The average Bonchev–Trinajstić information content (AvgIpc) is 2.44. The van der Waals surface area contributed by atoms with Crippen molar-refractivity contribution < 1.29 is 5.11 Å². The molecule has 2 fully saturated rings. The van der Waals surface area contributed by atoms with E-state index in [0.717, 1.165) is 37.8 Å². The molecule has 0 spiro atoms. The van der Waals surface area contributed by atoms with Gasteiger partial charge in [-0.3, -0.25) is 0 Å². The number of hydrogen-bond donors (Lipinski definition) is 2. The Morgan fingerprint density at radius 3 is 2.86 bits per heavy atom. The highest BCUT2D eigenvalue weighted by Gasteiger charge is 2.22. The number of piperidine rings is 1. The summed E-state index contributed by atoms with van der Waals surface area (Å²) in [5.41, 5.74) is 2.27. The normalized spacial score (nSPS) is 23.3. The summed E-state index contributed by atoms with van der Waals surface area (Å²) in [6.45, 7) is 6.21. The van der Waals surface area contributed by atoms with E-state index in [-0.39, 0.29) is 6.61 Å². The van der Waals surface area contributed by atoms with Crippen LogP contribution in [-0.2, 0) is 0 Å². The molecule has 0 amide bonds. The van der Waals surface area contributed by atoms with Crippen molar-refractivity contribution >= 4 is 5.95 Å². The van der Waals surface area contributed by atoms with E-state index >= 15 is 0 Å². The first-order chi connectivity index (χ1) is 10.7. The van der Waals surface area contributed by atoms with Gasteiger partial charge in [0.1, 0.15) is 0 Å². The number of anilines is 1. The molecular formula is C17H28N4O. The lowest BCUT2D eigenvalue weighted by molar-refractivity contribution is 0.144. The minimum absolute atomic E-state index is 0.256. The molecule has 22 heavy (non-hydrogen) atoms. The highest BCUT2D eigenvalue weighted by atomic mass is 16.3. The Balaban J connectivity index is 1.55. The number of hydrogen-bond acceptors (Lipinski definition) is 5. The van der Waals surface area contributed by atoms with Crippen molar-refractivity contribution in [2.24, 2.45) is 5.92 Å². The molecule has 1 saturated carbocycles. The number of β-amino-alcohol motifs (C(OH)–C–C–N with tert-alkyl or cyclic N) is 1. The molecule has 3 rings (SSSR count). The van der Waals surface area contributed by atoms with Gasteiger partial charge in [-0.25, -0.2) is 9.97 Å². The van der Waals surface area contributed by atoms with Gasteiger partial charge in [0.15, 0.2) is 0 Å². The van der Waals surface area contributed by atoms with Crippen molar-refractivity contribution in [1.82, 2.24) is 14.9 Å². The second kappa shape index (κ2) is 7.38. The minimum atomic E-state index is 0.256. The van der Waals surface area contributed by atoms with Crippen LogP contribution in [0.25, 0.3) is 0 Å². The summed E-state index contributed by atoms with van der Waals surface area (Å²) in [5, 5.41) is 12.5. The van der Waals surface area contributed by atoms with E-state index in [9.17, 15) is 0 Å². The summed E-state index contributed by atoms with van der Waals surface area (Å²) in [5.74, 6) is 2.06. The maximum Gasteiger partial charge on any atom is 0.223 e. The molecule has 0 radical (unpaired) electrons. The molecule has 0 bridgehead atoms. The number of nitrogens with zero attached hydrogens (tertiary/aromatic N) is 3. The van der Waals surface area contributed by atoms with E-state index < -0.39 is 0 Å². The van der Waals surface area contributed by atoms with Crippen LogP contribution in [0, 0.1) is 12.8 Å². The quantitative estimate of drug-likeness (QED) is 0.843. The standard InChI is InChI=1S/C17H28N4O/c1-13-10-16(15-5-2-6-15)20-17(19-13)18-11-14-4-3-7-21(12-14)8-9-22/h10,14-15,22H,2-9,11-12H2,1H3,(H,18,19,20)/t14-/m1/s1. The van der Waals surface area contributed by atoms with Crippen molar-refractivity contribution in [1.29, 1.82) is 0 Å². The van der Waals surface area contributed by atoms with Gasteiger partial charge in [0.05, 0.1) is 6.61 Å². The number of aliphatic hydroxyl groups is 1. The van der Waals surface area contributed by atoms with Crippen LogP contribution in [-0.4, -0.2) is 52.8 Å². The van der Waals surface area contributed by atoms with E-state index in [1.807, 2.05) is 0 Å². The zero-order valence-corrected chi connectivity index (χ0v) is 13.6. The second-order valence-electron chi connectivity index (χ2n) is 6.80. The van der Waals surface area contributed by atoms with Gasteiger partial charge >= 0.3 is 0 Å². The van der Waals surface area contributed by atoms with Crippen molar-refractivity contribution in [3.63, 3.8) is 0 Å². The van der Waals surface area contributed by atoms with Crippen molar-refractivity contribution in [3.05, 3.63) is 17.5 Å². The fourth-order valence-electron chi connectivity index (χ4n) is 3.48. The summed E-state index contributed by atoms with van der Waals surface area (Å²) >= 11 is 0. The molecule has 1 aliphatic carbocycles. The number of aromatic nitrogens is 2. The van der Waals surface area contributed by atoms with Crippen LogP contribution in [0.3, 0.4) is 0 Å². The summed E-state index contributed by atoms with van der Waals surface area (Å²) < 4.78 is 0.